The zero-order valence-electron chi connectivity index (χ0n) is 11.6. The van der Waals surface area contributed by atoms with E-state index < -0.39 is 0 Å². The van der Waals surface area contributed by atoms with E-state index in [0.717, 1.165) is 5.56 Å². The van der Waals surface area contributed by atoms with Crippen molar-refractivity contribution in [2.75, 3.05) is 13.6 Å². The first-order valence-corrected chi connectivity index (χ1v) is 6.56. The number of halogens is 1. The van der Waals surface area contributed by atoms with E-state index in [9.17, 15) is 4.79 Å². The van der Waals surface area contributed by atoms with Crippen LogP contribution in [0.4, 0.5) is 0 Å². The highest BCUT2D eigenvalue weighted by Crippen LogP contribution is 2.18. The van der Waals surface area contributed by atoms with Crippen molar-refractivity contribution in [1.82, 2.24) is 16.0 Å². The molecule has 0 radical (unpaired) electrons. The predicted octanol–water partition coefficient (Wildman–Crippen LogP) is 1.25. The molecule has 1 aliphatic rings. The minimum absolute atomic E-state index is 0. The van der Waals surface area contributed by atoms with Gasteiger partial charge in [0.15, 0.2) is 5.96 Å². The topological polar surface area (TPSA) is 65.5 Å². The largest absolute Gasteiger partial charge is 0.354 e. The standard InChI is InChI=1S/C14H20N4O.HI/c1-15-14(18-12-7-8-12)17-10-13(19)16-9-11-5-3-2-4-6-11;/h2-6,12H,7-10H2,1H3,(H,16,19)(H2,15,17,18);1H. The Bertz CT molecular complexity index is 446. The molecule has 110 valence electrons. The molecule has 0 atom stereocenters. The summed E-state index contributed by atoms with van der Waals surface area (Å²) in [4.78, 5) is 15.8. The normalized spacial score (nSPS) is 14.2. The van der Waals surface area contributed by atoms with Crippen LogP contribution in [0.5, 0.6) is 0 Å². The molecule has 1 aromatic carbocycles. The second-order valence-corrected chi connectivity index (χ2v) is 4.61. The van der Waals surface area contributed by atoms with E-state index in [2.05, 4.69) is 20.9 Å². The molecule has 1 fully saturated rings. The van der Waals surface area contributed by atoms with Crippen molar-refractivity contribution in [2.24, 2.45) is 4.99 Å². The molecule has 2 rings (SSSR count). The number of carbonyl (C=O) groups excluding carboxylic acids is 1. The maximum atomic E-state index is 11.7. The summed E-state index contributed by atoms with van der Waals surface area (Å²) < 4.78 is 0. The summed E-state index contributed by atoms with van der Waals surface area (Å²) in [6.07, 6.45) is 2.36. The van der Waals surface area contributed by atoms with E-state index in [-0.39, 0.29) is 36.4 Å². The predicted molar refractivity (Wildman–Crippen MR) is 91.2 cm³/mol. The number of guanidine groups is 1. The molecule has 0 aliphatic heterocycles. The van der Waals surface area contributed by atoms with Crippen LogP contribution < -0.4 is 16.0 Å². The number of nitrogens with zero attached hydrogens (tertiary/aromatic N) is 1. The SMILES string of the molecule is CN=C(NCC(=O)NCc1ccccc1)NC1CC1.I. The van der Waals surface area contributed by atoms with E-state index in [1.807, 2.05) is 30.3 Å². The first kappa shape index (κ1) is 16.7. The number of carbonyl (C=O) groups is 1. The number of amides is 1. The molecule has 0 spiro atoms. The maximum absolute atomic E-state index is 11.7. The van der Waals surface area contributed by atoms with Gasteiger partial charge in [0.05, 0.1) is 6.54 Å². The Morgan fingerprint density at radius 3 is 2.55 bits per heavy atom. The highest BCUT2D eigenvalue weighted by molar-refractivity contribution is 14.0. The van der Waals surface area contributed by atoms with Crippen molar-refractivity contribution < 1.29 is 4.79 Å². The molecule has 1 saturated carbocycles. The Labute approximate surface area is 136 Å². The first-order chi connectivity index (χ1) is 9.28. The fourth-order valence-electron chi connectivity index (χ4n) is 1.64. The molecule has 1 amide bonds. The molecule has 0 aromatic heterocycles. The quantitative estimate of drug-likeness (QED) is 0.404. The van der Waals surface area contributed by atoms with Crippen LogP contribution >= 0.6 is 24.0 Å². The molecule has 0 saturated heterocycles. The van der Waals surface area contributed by atoms with Crippen LogP contribution in [0, 0.1) is 0 Å². The van der Waals surface area contributed by atoms with Crippen molar-refractivity contribution in [1.29, 1.82) is 0 Å². The molecular weight excluding hydrogens is 367 g/mol. The summed E-state index contributed by atoms with van der Waals surface area (Å²) >= 11 is 0. The third kappa shape index (κ3) is 6.23. The van der Waals surface area contributed by atoms with Gasteiger partial charge in [-0.05, 0) is 18.4 Å². The smallest absolute Gasteiger partial charge is 0.239 e. The van der Waals surface area contributed by atoms with Crippen molar-refractivity contribution in [3.63, 3.8) is 0 Å². The second kappa shape index (κ2) is 8.78. The Kier molecular flexibility index (Phi) is 7.35. The zero-order chi connectivity index (χ0) is 13.5. The van der Waals surface area contributed by atoms with Gasteiger partial charge < -0.3 is 16.0 Å². The lowest BCUT2D eigenvalue weighted by molar-refractivity contribution is -0.120. The number of aliphatic imine (C=N–C) groups is 1. The molecule has 1 aliphatic carbocycles. The number of rotatable bonds is 5. The van der Waals surface area contributed by atoms with Gasteiger partial charge in [0.2, 0.25) is 5.91 Å². The number of nitrogens with one attached hydrogen (secondary N) is 3. The molecule has 1 aromatic rings. The van der Waals surface area contributed by atoms with E-state index in [0.29, 0.717) is 18.5 Å². The zero-order valence-corrected chi connectivity index (χ0v) is 13.9. The minimum atomic E-state index is -0.0393. The van der Waals surface area contributed by atoms with Crippen LogP contribution in [-0.2, 0) is 11.3 Å². The van der Waals surface area contributed by atoms with Crippen LogP contribution in [0.25, 0.3) is 0 Å². The summed E-state index contributed by atoms with van der Waals surface area (Å²) in [5.74, 6) is 0.653. The first-order valence-electron chi connectivity index (χ1n) is 6.56. The van der Waals surface area contributed by atoms with E-state index >= 15 is 0 Å². The summed E-state index contributed by atoms with van der Waals surface area (Å²) in [6, 6.07) is 10.4. The van der Waals surface area contributed by atoms with Gasteiger partial charge in [-0.1, -0.05) is 30.3 Å². The Hall–Kier alpha value is -1.31. The number of benzene rings is 1. The molecule has 0 bridgehead atoms. The Balaban J connectivity index is 0.00000200. The fraction of sp³-hybridized carbons (Fsp3) is 0.429. The van der Waals surface area contributed by atoms with Gasteiger partial charge in [0.1, 0.15) is 0 Å². The van der Waals surface area contributed by atoms with Crippen molar-refractivity contribution in [3.8, 4) is 0 Å². The van der Waals surface area contributed by atoms with Gasteiger partial charge in [-0.2, -0.15) is 0 Å². The molecule has 6 heteroatoms. The Morgan fingerprint density at radius 2 is 1.95 bits per heavy atom. The minimum Gasteiger partial charge on any atom is -0.354 e. The summed E-state index contributed by atoms with van der Waals surface area (Å²) in [5, 5.41) is 9.10. The molecule has 0 unspecified atom stereocenters. The van der Waals surface area contributed by atoms with Gasteiger partial charge in [-0.3, -0.25) is 9.79 Å². The van der Waals surface area contributed by atoms with Gasteiger partial charge in [0.25, 0.3) is 0 Å². The van der Waals surface area contributed by atoms with Gasteiger partial charge in [-0.25, -0.2) is 0 Å². The van der Waals surface area contributed by atoms with Crippen LogP contribution in [0.2, 0.25) is 0 Å². The van der Waals surface area contributed by atoms with Crippen LogP contribution in [0.15, 0.2) is 35.3 Å². The van der Waals surface area contributed by atoms with Gasteiger partial charge in [0, 0.05) is 19.6 Å². The number of hydrogen-bond acceptors (Lipinski definition) is 2. The van der Waals surface area contributed by atoms with Crippen molar-refractivity contribution in [2.45, 2.75) is 25.4 Å². The van der Waals surface area contributed by atoms with Gasteiger partial charge in [-0.15, -0.1) is 24.0 Å². The molecule has 3 N–H and O–H groups in total. The molecule has 5 nitrogen and oxygen atoms in total. The monoisotopic (exact) mass is 388 g/mol. The van der Waals surface area contributed by atoms with Crippen molar-refractivity contribution in [3.05, 3.63) is 35.9 Å². The lowest BCUT2D eigenvalue weighted by Gasteiger charge is -2.11. The lowest BCUT2D eigenvalue weighted by atomic mass is 10.2. The van der Waals surface area contributed by atoms with Crippen LogP contribution in [0.3, 0.4) is 0 Å². The van der Waals surface area contributed by atoms with Crippen molar-refractivity contribution >= 4 is 35.8 Å². The molecular formula is C14H21IN4O. The Morgan fingerprint density at radius 1 is 1.25 bits per heavy atom. The highest BCUT2D eigenvalue weighted by atomic mass is 127. The third-order valence-corrected chi connectivity index (χ3v) is 2.89. The van der Waals surface area contributed by atoms with E-state index in [1.54, 1.807) is 7.05 Å². The summed E-state index contributed by atoms with van der Waals surface area (Å²) in [5.41, 5.74) is 1.09. The van der Waals surface area contributed by atoms with Crippen LogP contribution in [-0.4, -0.2) is 31.5 Å². The van der Waals surface area contributed by atoms with E-state index in [4.69, 9.17) is 0 Å². The summed E-state index contributed by atoms with van der Waals surface area (Å²) in [7, 11) is 1.71. The van der Waals surface area contributed by atoms with Gasteiger partial charge >= 0.3 is 0 Å². The lowest BCUT2D eigenvalue weighted by Crippen LogP contribution is -2.43. The average molecular weight is 388 g/mol. The number of hydrogen-bond donors (Lipinski definition) is 3. The molecule has 20 heavy (non-hydrogen) atoms. The average Bonchev–Trinajstić information content (AvgIpc) is 3.26. The third-order valence-electron chi connectivity index (χ3n) is 2.89. The second-order valence-electron chi connectivity index (χ2n) is 4.61. The summed E-state index contributed by atoms with van der Waals surface area (Å²) in [6.45, 7) is 0.787. The maximum Gasteiger partial charge on any atom is 0.239 e. The fourth-order valence-corrected chi connectivity index (χ4v) is 1.64. The highest BCUT2D eigenvalue weighted by Gasteiger charge is 2.22. The van der Waals surface area contributed by atoms with Crippen LogP contribution in [0.1, 0.15) is 18.4 Å². The molecule has 0 heterocycles. The van der Waals surface area contributed by atoms with E-state index in [1.165, 1.54) is 12.8 Å².